The molecular formula is C15H24ClN3O4S. The topological polar surface area (TPSA) is 115 Å². The van der Waals surface area contributed by atoms with Gasteiger partial charge in [0.1, 0.15) is 0 Å². The van der Waals surface area contributed by atoms with Gasteiger partial charge in [0.2, 0.25) is 10.0 Å². The van der Waals surface area contributed by atoms with E-state index >= 15 is 0 Å². The lowest BCUT2D eigenvalue weighted by atomic mass is 9.99. The Bertz CT molecular complexity index is 703. The molecule has 1 saturated carbocycles. The quantitative estimate of drug-likeness (QED) is 0.583. The normalized spacial score (nSPS) is 16.6. The molecule has 3 N–H and O–H groups in total. The Morgan fingerprint density at radius 3 is 2.33 bits per heavy atom. The molecule has 24 heavy (non-hydrogen) atoms. The molecule has 0 heterocycles. The van der Waals surface area contributed by atoms with Crippen LogP contribution in [0.1, 0.15) is 36.8 Å². The van der Waals surface area contributed by atoms with Crippen molar-refractivity contribution in [2.24, 2.45) is 11.7 Å². The third-order valence-corrected chi connectivity index (χ3v) is 6.18. The fraction of sp³-hybridized carbons (Fsp3) is 0.600. The molecule has 0 spiro atoms. The Morgan fingerprint density at radius 2 is 1.83 bits per heavy atom. The van der Waals surface area contributed by atoms with Crippen molar-refractivity contribution in [2.45, 2.75) is 50.5 Å². The van der Waals surface area contributed by atoms with E-state index in [9.17, 15) is 18.5 Å². The molecule has 136 valence electrons. The summed E-state index contributed by atoms with van der Waals surface area (Å²) in [5.41, 5.74) is 6.06. The number of nitro benzene ring substituents is 1. The molecule has 9 heteroatoms. The van der Waals surface area contributed by atoms with Crippen LogP contribution < -0.4 is 10.5 Å². The number of benzene rings is 1. The number of hydrogen-bond acceptors (Lipinski definition) is 5. The predicted octanol–water partition coefficient (Wildman–Crippen LogP) is 2.43. The summed E-state index contributed by atoms with van der Waals surface area (Å²) in [6.07, 6.45) is 3.98. The van der Waals surface area contributed by atoms with Crippen molar-refractivity contribution < 1.29 is 13.3 Å². The van der Waals surface area contributed by atoms with E-state index in [-0.39, 0.29) is 41.5 Å². The highest BCUT2D eigenvalue weighted by Crippen LogP contribution is 2.32. The summed E-state index contributed by atoms with van der Waals surface area (Å²) in [5, 5.41) is 11.3. The SMILES string of the molecule is Cc1ccc(C)c(S(=O)(=O)NC(CN)C2CCCC2)c1[N+](=O)[O-].Cl. The standard InChI is InChI=1S/C15H23N3O4S.ClH/c1-10-7-8-11(2)15(14(10)18(19)20)23(21,22)17-13(9-16)12-5-3-4-6-12;/h7-8,12-13,17H,3-6,9,16H2,1-2H3;1H. The molecule has 0 radical (unpaired) electrons. The molecule has 0 aromatic heterocycles. The van der Waals surface area contributed by atoms with E-state index in [1.54, 1.807) is 19.1 Å². The van der Waals surface area contributed by atoms with Gasteiger partial charge in [0.05, 0.1) is 4.92 Å². The number of rotatable bonds is 6. The minimum Gasteiger partial charge on any atom is -0.329 e. The Hall–Kier alpha value is -1.22. The predicted molar refractivity (Wildman–Crippen MR) is 94.9 cm³/mol. The molecule has 7 nitrogen and oxygen atoms in total. The Morgan fingerprint density at radius 1 is 1.29 bits per heavy atom. The summed E-state index contributed by atoms with van der Waals surface area (Å²) < 4.78 is 28.2. The Kier molecular flexibility index (Phi) is 7.15. The summed E-state index contributed by atoms with van der Waals surface area (Å²) in [7, 11) is -4.01. The number of sulfonamides is 1. The number of nitro groups is 1. The van der Waals surface area contributed by atoms with Crippen LogP contribution in [-0.4, -0.2) is 25.9 Å². The van der Waals surface area contributed by atoms with Gasteiger partial charge in [0, 0.05) is 18.2 Å². The van der Waals surface area contributed by atoms with Crippen LogP contribution in [0.15, 0.2) is 17.0 Å². The second-order valence-corrected chi connectivity index (χ2v) is 7.79. The van der Waals surface area contributed by atoms with Crippen molar-refractivity contribution in [3.8, 4) is 0 Å². The molecule has 1 aromatic rings. The summed E-state index contributed by atoms with van der Waals surface area (Å²) in [4.78, 5) is 10.5. The van der Waals surface area contributed by atoms with Gasteiger partial charge < -0.3 is 5.73 Å². The average Bonchev–Trinajstić information content (AvgIpc) is 3.00. The van der Waals surface area contributed by atoms with Gasteiger partial charge in [-0.25, -0.2) is 13.1 Å². The molecule has 1 aliphatic carbocycles. The van der Waals surface area contributed by atoms with E-state index in [2.05, 4.69) is 4.72 Å². The largest absolute Gasteiger partial charge is 0.329 e. The minimum absolute atomic E-state index is 0. The van der Waals surface area contributed by atoms with Crippen molar-refractivity contribution in [1.82, 2.24) is 4.72 Å². The fourth-order valence-corrected chi connectivity index (χ4v) is 5.08. The molecule has 1 unspecified atom stereocenters. The highest BCUT2D eigenvalue weighted by atomic mass is 35.5. The van der Waals surface area contributed by atoms with E-state index in [1.807, 2.05) is 0 Å². The maximum atomic E-state index is 12.8. The lowest BCUT2D eigenvalue weighted by molar-refractivity contribution is -0.388. The van der Waals surface area contributed by atoms with Crippen LogP contribution in [0.25, 0.3) is 0 Å². The first-order valence-corrected chi connectivity index (χ1v) is 9.23. The molecule has 0 bridgehead atoms. The van der Waals surface area contributed by atoms with Crippen LogP contribution in [0.5, 0.6) is 0 Å². The number of nitrogens with zero attached hydrogens (tertiary/aromatic N) is 1. The smallest absolute Gasteiger partial charge is 0.292 e. The van der Waals surface area contributed by atoms with Gasteiger partial charge >= 0.3 is 0 Å². The summed E-state index contributed by atoms with van der Waals surface area (Å²) in [6, 6.07) is 2.76. The lowest BCUT2D eigenvalue weighted by Gasteiger charge is -2.23. The number of halogens is 1. The first-order chi connectivity index (χ1) is 10.8. The van der Waals surface area contributed by atoms with Crippen LogP contribution in [0.3, 0.4) is 0 Å². The van der Waals surface area contributed by atoms with E-state index in [4.69, 9.17) is 5.73 Å². The summed E-state index contributed by atoms with van der Waals surface area (Å²) >= 11 is 0. The van der Waals surface area contributed by atoms with Gasteiger partial charge in [-0.05, 0) is 38.2 Å². The van der Waals surface area contributed by atoms with E-state index in [0.29, 0.717) is 11.1 Å². The Balaban J connectivity index is 0.00000288. The van der Waals surface area contributed by atoms with E-state index in [1.165, 1.54) is 6.92 Å². The first kappa shape index (κ1) is 20.8. The van der Waals surface area contributed by atoms with Crippen LogP contribution in [-0.2, 0) is 10.0 Å². The van der Waals surface area contributed by atoms with Crippen molar-refractivity contribution in [1.29, 1.82) is 0 Å². The van der Waals surface area contributed by atoms with Crippen LogP contribution >= 0.6 is 12.4 Å². The average molecular weight is 378 g/mol. The number of aryl methyl sites for hydroxylation is 2. The first-order valence-electron chi connectivity index (χ1n) is 7.75. The molecule has 1 aliphatic rings. The van der Waals surface area contributed by atoms with E-state index in [0.717, 1.165) is 25.7 Å². The lowest BCUT2D eigenvalue weighted by Crippen LogP contribution is -2.44. The molecule has 2 rings (SSSR count). The third kappa shape index (κ3) is 4.24. The highest BCUT2D eigenvalue weighted by molar-refractivity contribution is 7.89. The third-order valence-electron chi connectivity index (χ3n) is 4.51. The van der Waals surface area contributed by atoms with Gasteiger partial charge in [0.15, 0.2) is 4.90 Å². The monoisotopic (exact) mass is 377 g/mol. The van der Waals surface area contributed by atoms with Crippen molar-refractivity contribution in [3.63, 3.8) is 0 Å². The highest BCUT2D eigenvalue weighted by Gasteiger charge is 2.34. The number of hydrogen-bond donors (Lipinski definition) is 2. The Labute approximate surface area is 148 Å². The molecule has 1 fully saturated rings. The number of nitrogens with two attached hydrogens (primary N) is 1. The van der Waals surface area contributed by atoms with Gasteiger partial charge in [-0.2, -0.15) is 0 Å². The van der Waals surface area contributed by atoms with Gasteiger partial charge in [-0.1, -0.05) is 25.0 Å². The van der Waals surface area contributed by atoms with Crippen LogP contribution in [0, 0.1) is 29.9 Å². The molecule has 1 aromatic carbocycles. The van der Waals surface area contributed by atoms with E-state index < -0.39 is 14.9 Å². The zero-order valence-electron chi connectivity index (χ0n) is 13.8. The minimum atomic E-state index is -4.01. The van der Waals surface area contributed by atoms with Gasteiger partial charge in [-0.3, -0.25) is 10.1 Å². The zero-order valence-corrected chi connectivity index (χ0v) is 15.5. The van der Waals surface area contributed by atoms with Crippen molar-refractivity contribution >= 4 is 28.1 Å². The maximum absolute atomic E-state index is 12.8. The van der Waals surface area contributed by atoms with Gasteiger partial charge in [0.25, 0.3) is 5.69 Å². The molecular weight excluding hydrogens is 354 g/mol. The molecule has 1 atom stereocenters. The summed E-state index contributed by atoms with van der Waals surface area (Å²) in [5.74, 6) is 0.193. The van der Waals surface area contributed by atoms with Gasteiger partial charge in [-0.15, -0.1) is 12.4 Å². The second kappa shape index (κ2) is 8.24. The molecule has 0 saturated heterocycles. The van der Waals surface area contributed by atoms with Crippen molar-refractivity contribution in [3.05, 3.63) is 33.4 Å². The maximum Gasteiger partial charge on any atom is 0.292 e. The molecule has 0 aliphatic heterocycles. The zero-order chi connectivity index (χ0) is 17.2. The molecule has 0 amide bonds. The second-order valence-electron chi connectivity index (χ2n) is 6.14. The fourth-order valence-electron chi connectivity index (χ4n) is 3.29. The van der Waals surface area contributed by atoms with Crippen LogP contribution in [0.2, 0.25) is 0 Å². The summed E-state index contributed by atoms with van der Waals surface area (Å²) in [6.45, 7) is 3.28. The van der Waals surface area contributed by atoms with Crippen LogP contribution in [0.4, 0.5) is 5.69 Å². The number of nitrogens with one attached hydrogen (secondary N) is 1. The van der Waals surface area contributed by atoms with Crippen molar-refractivity contribution in [2.75, 3.05) is 6.54 Å².